The molecule has 1 N–H and O–H groups in total. The summed E-state index contributed by atoms with van der Waals surface area (Å²) in [4.78, 5) is 9.42. The fourth-order valence-electron chi connectivity index (χ4n) is 2.99. The zero-order valence-electron chi connectivity index (χ0n) is 14.1. The van der Waals surface area contributed by atoms with Crippen molar-refractivity contribution in [3.63, 3.8) is 0 Å². The number of hydrogen-bond acceptors (Lipinski definition) is 4. The second-order valence-corrected chi connectivity index (χ2v) is 6.03. The van der Waals surface area contributed by atoms with Gasteiger partial charge in [0.05, 0.1) is 17.2 Å². The molecule has 2 aromatic rings. The SMILES string of the molecule is C=C(NC)N1CCCN(C)c2ccc(-c3cccc(C)c3)nc21. The molecule has 2 heterocycles. The summed E-state index contributed by atoms with van der Waals surface area (Å²) in [6.07, 6.45) is 1.08. The second-order valence-electron chi connectivity index (χ2n) is 6.03. The minimum atomic E-state index is 0.885. The van der Waals surface area contributed by atoms with Crippen LogP contribution >= 0.6 is 0 Å². The number of nitrogens with one attached hydrogen (secondary N) is 1. The van der Waals surface area contributed by atoms with E-state index in [1.807, 2.05) is 7.05 Å². The summed E-state index contributed by atoms with van der Waals surface area (Å²) in [6, 6.07) is 12.7. The van der Waals surface area contributed by atoms with E-state index in [4.69, 9.17) is 4.98 Å². The third-order valence-corrected chi connectivity index (χ3v) is 4.32. The molecule has 0 radical (unpaired) electrons. The number of fused-ring (bicyclic) bond motifs is 1. The Hall–Kier alpha value is -2.49. The summed E-state index contributed by atoms with van der Waals surface area (Å²) in [5, 5.41) is 3.16. The number of aryl methyl sites for hydroxylation is 1. The van der Waals surface area contributed by atoms with Crippen LogP contribution in [0.1, 0.15) is 12.0 Å². The largest absolute Gasteiger partial charge is 0.375 e. The summed E-state index contributed by atoms with van der Waals surface area (Å²) in [5.74, 6) is 1.86. The summed E-state index contributed by atoms with van der Waals surface area (Å²) in [7, 11) is 4.03. The Bertz CT molecular complexity index is 723. The van der Waals surface area contributed by atoms with E-state index in [1.54, 1.807) is 0 Å². The van der Waals surface area contributed by atoms with Crippen molar-refractivity contribution in [2.24, 2.45) is 0 Å². The fourth-order valence-corrected chi connectivity index (χ4v) is 2.99. The Labute approximate surface area is 138 Å². The zero-order chi connectivity index (χ0) is 16.4. The fraction of sp³-hybridized carbons (Fsp3) is 0.316. The van der Waals surface area contributed by atoms with Crippen molar-refractivity contribution >= 4 is 11.5 Å². The molecule has 0 spiro atoms. The first kappa shape index (κ1) is 15.4. The number of hydrogen-bond donors (Lipinski definition) is 1. The van der Waals surface area contributed by atoms with Gasteiger partial charge in [0.15, 0.2) is 5.82 Å². The number of anilines is 2. The number of pyridine rings is 1. The van der Waals surface area contributed by atoms with Gasteiger partial charge < -0.3 is 15.1 Å². The van der Waals surface area contributed by atoms with Gasteiger partial charge in [0, 0.05) is 32.7 Å². The molecule has 1 aromatic carbocycles. The Morgan fingerprint density at radius 3 is 2.78 bits per heavy atom. The first-order chi connectivity index (χ1) is 11.1. The lowest BCUT2D eigenvalue weighted by Crippen LogP contribution is -2.30. The maximum absolute atomic E-state index is 4.97. The monoisotopic (exact) mass is 308 g/mol. The third kappa shape index (κ3) is 3.02. The molecular formula is C19H24N4. The highest BCUT2D eigenvalue weighted by molar-refractivity contribution is 5.74. The number of aromatic nitrogens is 1. The number of rotatable bonds is 3. The second kappa shape index (κ2) is 6.32. The van der Waals surface area contributed by atoms with Crippen molar-refractivity contribution in [3.05, 3.63) is 54.4 Å². The molecule has 120 valence electrons. The Kier molecular flexibility index (Phi) is 4.24. The maximum atomic E-state index is 4.97. The van der Waals surface area contributed by atoms with Crippen LogP contribution in [-0.4, -0.2) is 32.2 Å². The van der Waals surface area contributed by atoms with Crippen molar-refractivity contribution in [2.45, 2.75) is 13.3 Å². The molecule has 1 aromatic heterocycles. The smallest absolute Gasteiger partial charge is 0.158 e. The molecule has 4 heteroatoms. The number of benzene rings is 1. The third-order valence-electron chi connectivity index (χ3n) is 4.32. The van der Waals surface area contributed by atoms with Crippen molar-refractivity contribution < 1.29 is 0 Å². The molecule has 0 bridgehead atoms. The molecule has 0 amide bonds. The highest BCUT2D eigenvalue weighted by Gasteiger charge is 2.22. The topological polar surface area (TPSA) is 31.4 Å². The van der Waals surface area contributed by atoms with Gasteiger partial charge in [-0.1, -0.05) is 30.3 Å². The minimum Gasteiger partial charge on any atom is -0.375 e. The van der Waals surface area contributed by atoms with Crippen LogP contribution in [0.2, 0.25) is 0 Å². The predicted octanol–water partition coefficient (Wildman–Crippen LogP) is 3.39. The quantitative estimate of drug-likeness (QED) is 0.942. The van der Waals surface area contributed by atoms with Crippen molar-refractivity contribution in [1.29, 1.82) is 0 Å². The Balaban J connectivity index is 2.10. The van der Waals surface area contributed by atoms with Gasteiger partial charge in [0.2, 0.25) is 0 Å². The van der Waals surface area contributed by atoms with Gasteiger partial charge in [-0.15, -0.1) is 0 Å². The van der Waals surface area contributed by atoms with Crippen molar-refractivity contribution in [3.8, 4) is 11.3 Å². The molecule has 0 atom stereocenters. The van der Waals surface area contributed by atoms with Gasteiger partial charge in [-0.2, -0.15) is 0 Å². The highest BCUT2D eigenvalue weighted by Crippen LogP contribution is 2.33. The molecular weight excluding hydrogens is 284 g/mol. The Morgan fingerprint density at radius 1 is 1.22 bits per heavy atom. The lowest BCUT2D eigenvalue weighted by atomic mass is 10.1. The molecule has 0 fully saturated rings. The van der Waals surface area contributed by atoms with E-state index in [0.717, 1.165) is 48.1 Å². The van der Waals surface area contributed by atoms with E-state index >= 15 is 0 Å². The average molecular weight is 308 g/mol. The van der Waals surface area contributed by atoms with Crippen LogP contribution in [0.15, 0.2) is 48.8 Å². The summed E-state index contributed by atoms with van der Waals surface area (Å²) in [5.41, 5.74) is 4.54. The highest BCUT2D eigenvalue weighted by atomic mass is 15.3. The molecule has 1 aliphatic rings. The molecule has 0 saturated heterocycles. The molecule has 3 rings (SSSR count). The van der Waals surface area contributed by atoms with Crippen LogP contribution < -0.4 is 15.1 Å². The van der Waals surface area contributed by atoms with Gasteiger partial charge in [-0.3, -0.25) is 0 Å². The van der Waals surface area contributed by atoms with Gasteiger partial charge in [-0.05, 0) is 31.5 Å². The van der Waals surface area contributed by atoms with Crippen molar-refractivity contribution in [1.82, 2.24) is 10.3 Å². The normalized spacial score (nSPS) is 14.2. The van der Waals surface area contributed by atoms with Gasteiger partial charge in [0.1, 0.15) is 0 Å². The molecule has 0 unspecified atom stereocenters. The molecule has 1 aliphatic heterocycles. The van der Waals surface area contributed by atoms with Gasteiger partial charge >= 0.3 is 0 Å². The average Bonchev–Trinajstić information content (AvgIpc) is 2.73. The van der Waals surface area contributed by atoms with Crippen LogP contribution in [0.5, 0.6) is 0 Å². The molecule has 23 heavy (non-hydrogen) atoms. The minimum absolute atomic E-state index is 0.885. The number of nitrogens with zero attached hydrogens (tertiary/aromatic N) is 3. The van der Waals surface area contributed by atoms with E-state index in [1.165, 1.54) is 5.56 Å². The molecule has 0 aliphatic carbocycles. The van der Waals surface area contributed by atoms with Crippen LogP contribution in [-0.2, 0) is 0 Å². The summed E-state index contributed by atoms with van der Waals surface area (Å²) >= 11 is 0. The maximum Gasteiger partial charge on any atom is 0.158 e. The first-order valence-electron chi connectivity index (χ1n) is 8.03. The zero-order valence-corrected chi connectivity index (χ0v) is 14.1. The van der Waals surface area contributed by atoms with Crippen LogP contribution in [0.25, 0.3) is 11.3 Å². The van der Waals surface area contributed by atoms with Gasteiger partial charge in [0.25, 0.3) is 0 Å². The van der Waals surface area contributed by atoms with Crippen molar-refractivity contribution in [2.75, 3.05) is 37.0 Å². The van der Waals surface area contributed by atoms with E-state index in [9.17, 15) is 0 Å². The van der Waals surface area contributed by atoms with E-state index < -0.39 is 0 Å². The van der Waals surface area contributed by atoms with Crippen LogP contribution in [0.4, 0.5) is 11.5 Å². The molecule has 4 nitrogen and oxygen atoms in total. The summed E-state index contributed by atoms with van der Waals surface area (Å²) < 4.78 is 0. The predicted molar refractivity (Wildman–Crippen MR) is 97.8 cm³/mol. The van der Waals surface area contributed by atoms with E-state index in [0.29, 0.717) is 0 Å². The standard InChI is InChI=1S/C19H24N4/c1-14-7-5-8-16(13-14)17-9-10-18-19(21-17)23(15(2)20-3)12-6-11-22(18)4/h5,7-10,13,20H,2,6,11-12H2,1,3-4H3. The lowest BCUT2D eigenvalue weighted by Gasteiger charge is -2.26. The summed E-state index contributed by atoms with van der Waals surface area (Å²) in [6.45, 7) is 8.18. The van der Waals surface area contributed by atoms with Crippen LogP contribution in [0, 0.1) is 6.92 Å². The lowest BCUT2D eigenvalue weighted by molar-refractivity contribution is 0.759. The van der Waals surface area contributed by atoms with E-state index in [2.05, 4.69) is 72.1 Å². The van der Waals surface area contributed by atoms with Crippen LogP contribution in [0.3, 0.4) is 0 Å². The van der Waals surface area contributed by atoms with Gasteiger partial charge in [-0.25, -0.2) is 4.98 Å². The Morgan fingerprint density at radius 2 is 2.04 bits per heavy atom. The van der Waals surface area contributed by atoms with E-state index in [-0.39, 0.29) is 0 Å². The first-order valence-corrected chi connectivity index (χ1v) is 8.03. The molecule has 0 saturated carbocycles.